The van der Waals surface area contributed by atoms with Gasteiger partial charge in [-0.05, 0) is 35.7 Å². The fourth-order valence-corrected chi connectivity index (χ4v) is 4.82. The number of benzene rings is 1. The predicted molar refractivity (Wildman–Crippen MR) is 119 cm³/mol. The lowest BCUT2D eigenvalue weighted by Gasteiger charge is -2.36. The Morgan fingerprint density at radius 3 is 2.57 bits per heavy atom. The SMILES string of the molecule is O=C(CN1CCN(c2ccccc2)CC1)N1N=C(c2cccs2)CC1c1ccco1. The quantitative estimate of drug-likeness (QED) is 0.629. The van der Waals surface area contributed by atoms with Crippen molar-refractivity contribution in [3.63, 3.8) is 0 Å². The second-order valence-corrected chi connectivity index (χ2v) is 8.54. The van der Waals surface area contributed by atoms with Crippen molar-refractivity contribution >= 4 is 28.6 Å². The Bertz CT molecular complexity index is 993. The van der Waals surface area contributed by atoms with E-state index in [0.29, 0.717) is 13.0 Å². The Morgan fingerprint density at radius 1 is 1.03 bits per heavy atom. The van der Waals surface area contributed by atoms with Gasteiger partial charge in [-0.3, -0.25) is 9.69 Å². The fourth-order valence-electron chi connectivity index (χ4n) is 4.10. The number of carbonyl (C=O) groups is 1. The van der Waals surface area contributed by atoms with Crippen molar-refractivity contribution in [2.45, 2.75) is 12.5 Å². The van der Waals surface area contributed by atoms with Crippen molar-refractivity contribution in [2.24, 2.45) is 5.10 Å². The number of piperazine rings is 1. The first kappa shape index (κ1) is 19.1. The Hall–Kier alpha value is -2.90. The highest BCUT2D eigenvalue weighted by Gasteiger charge is 2.36. The first-order chi connectivity index (χ1) is 14.8. The summed E-state index contributed by atoms with van der Waals surface area (Å²) in [6.45, 7) is 3.94. The summed E-state index contributed by atoms with van der Waals surface area (Å²) in [6, 6.07) is 18.1. The van der Waals surface area contributed by atoms with Crippen LogP contribution in [-0.2, 0) is 4.79 Å². The average molecular weight is 421 g/mol. The maximum atomic E-state index is 13.2. The lowest BCUT2D eigenvalue weighted by molar-refractivity contribution is -0.134. The summed E-state index contributed by atoms with van der Waals surface area (Å²) in [7, 11) is 0. The standard InChI is InChI=1S/C23H24N4O2S/c28-23(17-25-10-12-26(13-11-25)18-6-2-1-3-7-18)27-20(21-8-4-14-29-21)16-19(24-27)22-9-5-15-30-22/h1-9,14-15,20H,10-13,16-17H2. The third-order valence-corrected chi connectivity index (χ3v) is 6.61. The lowest BCUT2D eigenvalue weighted by Crippen LogP contribution is -2.49. The maximum Gasteiger partial charge on any atom is 0.257 e. The van der Waals surface area contributed by atoms with Crippen LogP contribution in [0.4, 0.5) is 5.69 Å². The van der Waals surface area contributed by atoms with E-state index >= 15 is 0 Å². The van der Waals surface area contributed by atoms with Crippen molar-refractivity contribution in [1.29, 1.82) is 0 Å². The molecule has 4 heterocycles. The molecule has 0 saturated carbocycles. The third kappa shape index (κ3) is 3.91. The molecule has 2 aliphatic heterocycles. The molecule has 7 heteroatoms. The minimum Gasteiger partial charge on any atom is -0.467 e. The van der Waals surface area contributed by atoms with Crippen LogP contribution in [0, 0.1) is 0 Å². The van der Waals surface area contributed by atoms with E-state index < -0.39 is 0 Å². The number of hydrogen-bond acceptors (Lipinski definition) is 6. The highest BCUT2D eigenvalue weighted by Crippen LogP contribution is 2.34. The topological polar surface area (TPSA) is 52.3 Å². The average Bonchev–Trinajstić information content (AvgIpc) is 3.56. The Balaban J connectivity index is 1.26. The second-order valence-electron chi connectivity index (χ2n) is 7.60. The number of para-hydroxylation sites is 1. The van der Waals surface area contributed by atoms with Gasteiger partial charge in [0.2, 0.25) is 0 Å². The smallest absolute Gasteiger partial charge is 0.257 e. The minimum absolute atomic E-state index is 0.0242. The number of hydrogen-bond donors (Lipinski definition) is 0. The number of anilines is 1. The number of carbonyl (C=O) groups excluding carboxylic acids is 1. The molecule has 0 aliphatic carbocycles. The van der Waals surface area contributed by atoms with Gasteiger partial charge in [0.1, 0.15) is 11.8 Å². The third-order valence-electron chi connectivity index (χ3n) is 5.70. The molecule has 30 heavy (non-hydrogen) atoms. The van der Waals surface area contributed by atoms with Crippen LogP contribution in [0.1, 0.15) is 23.1 Å². The van der Waals surface area contributed by atoms with Crippen LogP contribution in [0.15, 0.2) is 75.8 Å². The molecule has 6 nitrogen and oxygen atoms in total. The molecule has 1 aromatic carbocycles. The second kappa shape index (κ2) is 8.45. The zero-order chi connectivity index (χ0) is 20.3. The van der Waals surface area contributed by atoms with Gasteiger partial charge in [0.15, 0.2) is 0 Å². The molecule has 1 unspecified atom stereocenters. The molecule has 2 aromatic heterocycles. The molecule has 0 N–H and O–H groups in total. The van der Waals surface area contributed by atoms with Gasteiger partial charge in [-0.15, -0.1) is 11.3 Å². The van der Waals surface area contributed by atoms with Crippen molar-refractivity contribution < 1.29 is 9.21 Å². The van der Waals surface area contributed by atoms with Gasteiger partial charge in [0, 0.05) is 38.3 Å². The Kier molecular flexibility index (Phi) is 5.38. The molecular weight excluding hydrogens is 396 g/mol. The molecule has 0 radical (unpaired) electrons. The van der Waals surface area contributed by atoms with E-state index in [4.69, 9.17) is 9.52 Å². The minimum atomic E-state index is -0.171. The summed E-state index contributed by atoms with van der Waals surface area (Å²) in [5, 5.41) is 8.38. The lowest BCUT2D eigenvalue weighted by atomic mass is 10.1. The zero-order valence-electron chi connectivity index (χ0n) is 16.7. The molecule has 0 bridgehead atoms. The van der Waals surface area contributed by atoms with Gasteiger partial charge >= 0.3 is 0 Å². The van der Waals surface area contributed by atoms with Gasteiger partial charge in [0.05, 0.1) is 23.4 Å². The number of hydrazone groups is 1. The summed E-state index contributed by atoms with van der Waals surface area (Å²) in [6.07, 6.45) is 2.34. The van der Waals surface area contributed by atoms with Crippen LogP contribution in [0.2, 0.25) is 0 Å². The van der Waals surface area contributed by atoms with E-state index in [1.165, 1.54) is 5.69 Å². The number of furan rings is 1. The molecule has 2 aliphatic rings. The van der Waals surface area contributed by atoms with Crippen molar-refractivity contribution in [1.82, 2.24) is 9.91 Å². The van der Waals surface area contributed by atoms with Crippen LogP contribution in [0.25, 0.3) is 0 Å². The van der Waals surface area contributed by atoms with Gasteiger partial charge < -0.3 is 9.32 Å². The van der Waals surface area contributed by atoms with E-state index in [2.05, 4.69) is 40.1 Å². The number of rotatable bonds is 5. The van der Waals surface area contributed by atoms with Crippen LogP contribution in [-0.4, -0.2) is 54.3 Å². The summed E-state index contributed by atoms with van der Waals surface area (Å²) < 4.78 is 5.63. The molecule has 1 amide bonds. The monoisotopic (exact) mass is 420 g/mol. The van der Waals surface area contributed by atoms with Gasteiger partial charge in [-0.25, -0.2) is 5.01 Å². The normalized spacial score (nSPS) is 19.9. The van der Waals surface area contributed by atoms with E-state index in [0.717, 1.165) is 42.5 Å². The maximum absolute atomic E-state index is 13.2. The van der Waals surface area contributed by atoms with Crippen LogP contribution >= 0.6 is 11.3 Å². The fraction of sp³-hybridized carbons (Fsp3) is 0.304. The summed E-state index contributed by atoms with van der Waals surface area (Å²) >= 11 is 1.65. The molecule has 5 rings (SSSR count). The van der Waals surface area contributed by atoms with Crippen LogP contribution in [0.5, 0.6) is 0 Å². The van der Waals surface area contributed by atoms with Gasteiger partial charge in [-0.2, -0.15) is 5.10 Å². The van der Waals surface area contributed by atoms with E-state index in [-0.39, 0.29) is 11.9 Å². The first-order valence-electron chi connectivity index (χ1n) is 10.3. The highest BCUT2D eigenvalue weighted by atomic mass is 32.1. The molecule has 0 spiro atoms. The van der Waals surface area contributed by atoms with Gasteiger partial charge in [0.25, 0.3) is 5.91 Å². The number of nitrogens with zero attached hydrogens (tertiary/aromatic N) is 4. The van der Waals surface area contributed by atoms with Crippen LogP contribution < -0.4 is 4.90 Å². The zero-order valence-corrected chi connectivity index (χ0v) is 17.5. The predicted octanol–water partition coefficient (Wildman–Crippen LogP) is 3.84. The van der Waals surface area contributed by atoms with Crippen LogP contribution in [0.3, 0.4) is 0 Å². The summed E-state index contributed by atoms with van der Waals surface area (Å²) in [4.78, 5) is 18.9. The van der Waals surface area contributed by atoms with Crippen molar-refractivity contribution in [3.8, 4) is 0 Å². The molecule has 1 fully saturated rings. The largest absolute Gasteiger partial charge is 0.467 e. The van der Waals surface area contributed by atoms with E-state index in [1.807, 2.05) is 29.6 Å². The Morgan fingerprint density at radius 2 is 1.87 bits per heavy atom. The van der Waals surface area contributed by atoms with Crippen molar-refractivity contribution in [2.75, 3.05) is 37.6 Å². The molecular formula is C23H24N4O2S. The molecule has 3 aromatic rings. The first-order valence-corrected chi connectivity index (χ1v) is 11.1. The Labute approximate surface area is 180 Å². The summed E-state index contributed by atoms with van der Waals surface area (Å²) in [5.41, 5.74) is 2.19. The van der Waals surface area contributed by atoms with Gasteiger partial charge in [-0.1, -0.05) is 24.3 Å². The van der Waals surface area contributed by atoms with E-state index in [9.17, 15) is 4.79 Å². The highest BCUT2D eigenvalue weighted by molar-refractivity contribution is 7.12. The molecule has 1 atom stereocenters. The number of amides is 1. The molecule has 154 valence electrons. The van der Waals surface area contributed by atoms with E-state index in [1.54, 1.807) is 22.6 Å². The molecule has 1 saturated heterocycles. The summed E-state index contributed by atoms with van der Waals surface area (Å²) in [5.74, 6) is 0.809. The van der Waals surface area contributed by atoms with Crippen molar-refractivity contribution in [3.05, 3.63) is 76.9 Å². The number of thiophene rings is 1.